The first kappa shape index (κ1) is 23.2. The minimum absolute atomic E-state index is 0.103. The molecule has 6 heteroatoms. The number of rotatable bonds is 10. The fourth-order valence-electron chi connectivity index (χ4n) is 4.53. The average Bonchev–Trinajstić information content (AvgIpc) is 3.42. The summed E-state index contributed by atoms with van der Waals surface area (Å²) < 4.78 is 5.58. The third-order valence-corrected chi connectivity index (χ3v) is 6.40. The Labute approximate surface area is 195 Å². The van der Waals surface area contributed by atoms with Gasteiger partial charge >= 0.3 is 0 Å². The zero-order chi connectivity index (χ0) is 23.2. The molecule has 6 nitrogen and oxygen atoms in total. The van der Waals surface area contributed by atoms with Gasteiger partial charge in [0.1, 0.15) is 0 Å². The third kappa shape index (κ3) is 5.50. The lowest BCUT2D eigenvalue weighted by Gasteiger charge is -2.17. The summed E-state index contributed by atoms with van der Waals surface area (Å²) in [6, 6.07) is 12.6. The molecular formula is C27H32N2O4. The number of hydrogen-bond donors (Lipinski definition) is 1. The summed E-state index contributed by atoms with van der Waals surface area (Å²) in [5, 5.41) is 2.93. The maximum atomic E-state index is 12.9. The topological polar surface area (TPSA) is 75.7 Å². The van der Waals surface area contributed by atoms with Crippen LogP contribution in [0, 0.1) is 0 Å². The van der Waals surface area contributed by atoms with Crippen molar-refractivity contribution in [2.24, 2.45) is 0 Å². The van der Waals surface area contributed by atoms with Crippen LogP contribution in [0.4, 0.5) is 5.69 Å². The number of hydrogen-bond acceptors (Lipinski definition) is 4. The molecule has 33 heavy (non-hydrogen) atoms. The van der Waals surface area contributed by atoms with Gasteiger partial charge in [0.2, 0.25) is 0 Å². The van der Waals surface area contributed by atoms with Crippen molar-refractivity contribution in [1.82, 2.24) is 4.90 Å². The molecule has 0 aromatic heterocycles. The van der Waals surface area contributed by atoms with Gasteiger partial charge in [-0.3, -0.25) is 19.3 Å². The van der Waals surface area contributed by atoms with E-state index in [1.165, 1.54) is 42.2 Å². The van der Waals surface area contributed by atoms with Crippen molar-refractivity contribution in [3.8, 4) is 0 Å². The number of amides is 3. The van der Waals surface area contributed by atoms with Crippen LogP contribution in [0.2, 0.25) is 0 Å². The molecular weight excluding hydrogens is 416 g/mol. The second kappa shape index (κ2) is 10.8. The van der Waals surface area contributed by atoms with Crippen LogP contribution >= 0.6 is 0 Å². The summed E-state index contributed by atoms with van der Waals surface area (Å²) in [7, 11) is 0. The van der Waals surface area contributed by atoms with Crippen molar-refractivity contribution in [2.45, 2.75) is 64.4 Å². The molecule has 2 aliphatic rings. The smallest absolute Gasteiger partial charge is 0.261 e. The minimum Gasteiger partial charge on any atom is -0.376 e. The van der Waals surface area contributed by atoms with Crippen LogP contribution in [0.15, 0.2) is 42.5 Å². The van der Waals surface area contributed by atoms with E-state index in [0.29, 0.717) is 17.7 Å². The second-order valence-electron chi connectivity index (χ2n) is 8.94. The normalized spacial score (nSPS) is 17.5. The second-order valence-corrected chi connectivity index (χ2v) is 8.94. The zero-order valence-electron chi connectivity index (χ0n) is 19.3. The fourth-order valence-corrected chi connectivity index (χ4v) is 4.53. The number of imide groups is 1. The van der Waals surface area contributed by atoms with Gasteiger partial charge in [0.05, 0.1) is 23.8 Å². The highest BCUT2D eigenvalue weighted by Gasteiger charge is 2.37. The van der Waals surface area contributed by atoms with Gasteiger partial charge in [0, 0.05) is 17.9 Å². The Bertz CT molecular complexity index is 1030. The van der Waals surface area contributed by atoms with Gasteiger partial charge in [-0.25, -0.2) is 0 Å². The number of nitrogens with one attached hydrogen (secondary N) is 1. The Balaban J connectivity index is 1.39. The molecule has 0 aliphatic carbocycles. The van der Waals surface area contributed by atoms with E-state index >= 15 is 0 Å². The molecule has 1 unspecified atom stereocenters. The van der Waals surface area contributed by atoms with Gasteiger partial charge in [-0.2, -0.15) is 0 Å². The van der Waals surface area contributed by atoms with Gasteiger partial charge in [-0.05, 0) is 61.6 Å². The first-order valence-electron chi connectivity index (χ1n) is 12.1. The van der Waals surface area contributed by atoms with Crippen LogP contribution in [-0.2, 0) is 11.2 Å². The van der Waals surface area contributed by atoms with E-state index in [4.69, 9.17) is 4.74 Å². The summed E-state index contributed by atoms with van der Waals surface area (Å²) >= 11 is 0. The third-order valence-electron chi connectivity index (χ3n) is 6.40. The lowest BCUT2D eigenvalue weighted by Crippen LogP contribution is -2.36. The van der Waals surface area contributed by atoms with Crippen molar-refractivity contribution in [3.05, 3.63) is 64.7 Å². The molecule has 1 saturated heterocycles. The predicted octanol–water partition coefficient (Wildman–Crippen LogP) is 5.23. The highest BCUT2D eigenvalue weighted by Crippen LogP contribution is 2.26. The zero-order valence-corrected chi connectivity index (χ0v) is 19.3. The SMILES string of the molecule is CCCCCCCc1cccc(NC(=O)c2ccc3c(c2)C(=O)N(CC2CCCO2)C3=O)c1. The molecule has 3 amide bonds. The summed E-state index contributed by atoms with van der Waals surface area (Å²) in [6.45, 7) is 3.14. The van der Waals surface area contributed by atoms with Crippen molar-refractivity contribution >= 4 is 23.4 Å². The first-order valence-corrected chi connectivity index (χ1v) is 12.1. The quantitative estimate of drug-likeness (QED) is 0.399. The summed E-state index contributed by atoms with van der Waals surface area (Å²) in [6.07, 6.45) is 8.80. The number of anilines is 1. The average molecular weight is 449 g/mol. The number of fused-ring (bicyclic) bond motifs is 1. The Morgan fingerprint density at radius 3 is 2.64 bits per heavy atom. The van der Waals surface area contributed by atoms with Crippen LogP contribution in [-0.4, -0.2) is 41.9 Å². The number of nitrogens with zero attached hydrogens (tertiary/aromatic N) is 1. The van der Waals surface area contributed by atoms with Gasteiger partial charge in [0.15, 0.2) is 0 Å². The molecule has 0 bridgehead atoms. The van der Waals surface area contributed by atoms with Gasteiger partial charge in [-0.1, -0.05) is 44.7 Å². The molecule has 0 spiro atoms. The van der Waals surface area contributed by atoms with Crippen LogP contribution in [0.5, 0.6) is 0 Å². The van der Waals surface area contributed by atoms with E-state index in [1.54, 1.807) is 12.1 Å². The first-order chi connectivity index (χ1) is 16.1. The molecule has 1 fully saturated rings. The lowest BCUT2D eigenvalue weighted by molar-refractivity contribution is 0.0475. The van der Waals surface area contributed by atoms with E-state index in [0.717, 1.165) is 31.4 Å². The number of unbranched alkanes of at least 4 members (excludes halogenated alkanes) is 4. The van der Waals surface area contributed by atoms with Crippen molar-refractivity contribution in [2.75, 3.05) is 18.5 Å². The highest BCUT2D eigenvalue weighted by molar-refractivity contribution is 6.22. The minimum atomic E-state index is -0.356. The summed E-state index contributed by atoms with van der Waals surface area (Å²) in [4.78, 5) is 39.7. The molecule has 2 aliphatic heterocycles. The standard InChI is InChI=1S/C27H32N2O4/c1-2-3-4-5-6-9-19-10-7-11-21(16-19)28-25(30)20-13-14-23-24(17-20)27(32)29(26(23)31)18-22-12-8-15-33-22/h7,10-11,13-14,16-17,22H,2-6,8-9,12,15,18H2,1H3,(H,28,30). The molecule has 1 N–H and O–H groups in total. The van der Waals surface area contributed by atoms with Gasteiger partial charge in [-0.15, -0.1) is 0 Å². The van der Waals surface area contributed by atoms with Gasteiger partial charge in [0.25, 0.3) is 17.7 Å². The maximum Gasteiger partial charge on any atom is 0.261 e. The van der Waals surface area contributed by atoms with E-state index < -0.39 is 0 Å². The predicted molar refractivity (Wildman–Crippen MR) is 128 cm³/mol. The Hall–Kier alpha value is -2.99. The van der Waals surface area contributed by atoms with Crippen molar-refractivity contribution in [1.29, 1.82) is 0 Å². The van der Waals surface area contributed by atoms with Crippen molar-refractivity contribution < 1.29 is 19.1 Å². The number of benzene rings is 2. The molecule has 174 valence electrons. The summed E-state index contributed by atoms with van der Waals surface area (Å²) in [5.41, 5.74) is 2.92. The molecule has 1 atom stereocenters. The number of carbonyl (C=O) groups is 3. The fraction of sp³-hybridized carbons (Fsp3) is 0.444. The van der Waals surface area contributed by atoms with E-state index in [9.17, 15) is 14.4 Å². The highest BCUT2D eigenvalue weighted by atomic mass is 16.5. The number of carbonyl (C=O) groups excluding carboxylic acids is 3. The maximum absolute atomic E-state index is 12.9. The van der Waals surface area contributed by atoms with Crippen LogP contribution in [0.25, 0.3) is 0 Å². The van der Waals surface area contributed by atoms with E-state index in [1.807, 2.05) is 18.2 Å². The number of ether oxygens (including phenoxy) is 1. The molecule has 2 aromatic carbocycles. The van der Waals surface area contributed by atoms with Crippen LogP contribution in [0.3, 0.4) is 0 Å². The molecule has 2 aromatic rings. The molecule has 4 rings (SSSR count). The Morgan fingerprint density at radius 2 is 1.85 bits per heavy atom. The van der Waals surface area contributed by atoms with E-state index in [-0.39, 0.29) is 35.9 Å². The number of aryl methyl sites for hydroxylation is 1. The molecule has 0 saturated carbocycles. The Kier molecular flexibility index (Phi) is 7.55. The van der Waals surface area contributed by atoms with Gasteiger partial charge < -0.3 is 10.1 Å². The lowest BCUT2D eigenvalue weighted by atomic mass is 10.0. The van der Waals surface area contributed by atoms with Crippen molar-refractivity contribution in [3.63, 3.8) is 0 Å². The largest absolute Gasteiger partial charge is 0.376 e. The Morgan fingerprint density at radius 1 is 1.03 bits per heavy atom. The molecule has 0 radical (unpaired) electrons. The van der Waals surface area contributed by atoms with E-state index in [2.05, 4.69) is 18.3 Å². The monoisotopic (exact) mass is 448 g/mol. The van der Waals surface area contributed by atoms with Crippen LogP contribution < -0.4 is 5.32 Å². The molecule has 2 heterocycles. The van der Waals surface area contributed by atoms with Crippen LogP contribution in [0.1, 0.15) is 88.5 Å². The summed E-state index contributed by atoms with van der Waals surface area (Å²) in [5.74, 6) is -0.968.